The third-order valence-electron chi connectivity index (χ3n) is 7.59. The zero-order valence-corrected chi connectivity index (χ0v) is 23.5. The molecule has 0 saturated carbocycles. The molecule has 2 fully saturated rings. The number of carbonyl (C=O) groups is 1. The number of ketones is 1. The first-order chi connectivity index (χ1) is 20.1. The highest BCUT2D eigenvalue weighted by Crippen LogP contribution is 2.46. The van der Waals surface area contributed by atoms with E-state index in [0.29, 0.717) is 5.56 Å². The van der Waals surface area contributed by atoms with E-state index in [-0.39, 0.29) is 53.3 Å². The van der Waals surface area contributed by atoms with Crippen LogP contribution in [0.4, 0.5) is 0 Å². The van der Waals surface area contributed by atoms with Crippen LogP contribution in [0.15, 0.2) is 24.3 Å². The number of methoxy groups -OCH3 is 4. The van der Waals surface area contributed by atoms with E-state index in [2.05, 4.69) is 0 Å². The summed E-state index contributed by atoms with van der Waals surface area (Å²) >= 11 is 0. The third kappa shape index (κ3) is 5.92. The molecule has 0 radical (unpaired) electrons. The van der Waals surface area contributed by atoms with Gasteiger partial charge in [-0.15, -0.1) is 0 Å². The molecule has 0 unspecified atom stereocenters. The number of aromatic hydroxyl groups is 2. The van der Waals surface area contributed by atoms with Crippen molar-refractivity contribution in [2.75, 3.05) is 48.3 Å². The lowest BCUT2D eigenvalue weighted by molar-refractivity contribution is -0.304. The molecule has 0 aromatic heterocycles. The van der Waals surface area contributed by atoms with Gasteiger partial charge in [-0.05, 0) is 29.8 Å². The molecule has 2 aliphatic rings. The Morgan fingerprint density at radius 2 is 1.36 bits per heavy atom. The average molecular weight is 597 g/mol. The highest BCUT2D eigenvalue weighted by molar-refractivity contribution is 5.99. The van der Waals surface area contributed by atoms with Crippen LogP contribution in [0.5, 0.6) is 34.5 Å². The summed E-state index contributed by atoms with van der Waals surface area (Å²) in [5.74, 6) is -2.23. The van der Waals surface area contributed by atoms with Crippen molar-refractivity contribution in [3.8, 4) is 34.5 Å². The van der Waals surface area contributed by atoms with Gasteiger partial charge in [0.2, 0.25) is 11.5 Å². The molecule has 2 aromatic rings. The molecule has 42 heavy (non-hydrogen) atoms. The van der Waals surface area contributed by atoms with Crippen molar-refractivity contribution in [2.24, 2.45) is 11.8 Å². The van der Waals surface area contributed by atoms with E-state index in [9.17, 15) is 35.4 Å². The summed E-state index contributed by atoms with van der Waals surface area (Å²) in [6.45, 7) is -0.955. The van der Waals surface area contributed by atoms with E-state index in [1.54, 1.807) is 0 Å². The van der Waals surface area contributed by atoms with Crippen molar-refractivity contribution in [1.29, 1.82) is 0 Å². The van der Waals surface area contributed by atoms with Crippen LogP contribution in [0, 0.1) is 11.8 Å². The number of ether oxygens (including phenoxy) is 7. The minimum Gasteiger partial charge on any atom is -0.502 e. The lowest BCUT2D eigenvalue weighted by Gasteiger charge is -2.40. The Hall–Kier alpha value is -3.37. The summed E-state index contributed by atoms with van der Waals surface area (Å²) in [5, 5.41) is 61.1. The zero-order chi connectivity index (χ0) is 30.7. The van der Waals surface area contributed by atoms with Crippen LogP contribution < -0.4 is 18.9 Å². The van der Waals surface area contributed by atoms with Gasteiger partial charge in [0.25, 0.3) is 0 Å². The number of phenols is 2. The molecule has 0 spiro atoms. The van der Waals surface area contributed by atoms with Crippen molar-refractivity contribution in [3.63, 3.8) is 0 Å². The minimum atomic E-state index is -1.66. The highest BCUT2D eigenvalue weighted by atomic mass is 16.7. The summed E-state index contributed by atoms with van der Waals surface area (Å²) in [7, 11) is 5.40. The number of carbonyl (C=O) groups excluding carboxylic acids is 1. The van der Waals surface area contributed by atoms with Crippen LogP contribution in [-0.4, -0.2) is 115 Å². The number of aliphatic hydroxyl groups excluding tert-OH is 4. The summed E-state index contributed by atoms with van der Waals surface area (Å²) in [6.07, 6.45) is -8.33. The lowest BCUT2D eigenvalue weighted by atomic mass is 9.83. The van der Waals surface area contributed by atoms with Crippen LogP contribution in [0.3, 0.4) is 0 Å². The van der Waals surface area contributed by atoms with Gasteiger partial charge in [0.15, 0.2) is 35.1 Å². The predicted octanol–water partition coefficient (Wildman–Crippen LogP) is 0.135. The molecule has 4 rings (SSSR count). The Balaban J connectivity index is 1.70. The number of hydrogen-bond acceptors (Lipinski definition) is 14. The van der Waals surface area contributed by atoms with Gasteiger partial charge in [0.1, 0.15) is 24.4 Å². The first kappa shape index (κ1) is 31.6. The summed E-state index contributed by atoms with van der Waals surface area (Å²) in [6, 6.07) is 5.80. The van der Waals surface area contributed by atoms with E-state index in [1.807, 2.05) is 0 Å². The van der Waals surface area contributed by atoms with Gasteiger partial charge in [-0.2, -0.15) is 0 Å². The molecule has 0 aliphatic carbocycles. The molecule has 2 aliphatic heterocycles. The minimum absolute atomic E-state index is 0.0234. The number of Topliss-reactive ketones (excluding diaryl/α,β-unsaturated/α-hetero) is 1. The van der Waals surface area contributed by atoms with E-state index < -0.39 is 61.0 Å². The van der Waals surface area contributed by atoms with Crippen molar-refractivity contribution < 1.29 is 68.6 Å². The maximum absolute atomic E-state index is 13.9. The summed E-state index contributed by atoms with van der Waals surface area (Å²) < 4.78 is 38.4. The van der Waals surface area contributed by atoms with Crippen molar-refractivity contribution >= 4 is 5.78 Å². The molecule has 14 heteroatoms. The van der Waals surface area contributed by atoms with Gasteiger partial charge in [0.05, 0.1) is 60.3 Å². The quantitative estimate of drug-likeness (QED) is 0.191. The Bertz CT molecular complexity index is 1200. The van der Waals surface area contributed by atoms with Crippen LogP contribution in [0.1, 0.15) is 22.0 Å². The molecular weight excluding hydrogens is 560 g/mol. The fraction of sp³-hybridized carbons (Fsp3) is 0.536. The number of phenolic OH excluding ortho intramolecular Hbond substituents is 2. The van der Waals surface area contributed by atoms with E-state index >= 15 is 0 Å². The molecule has 2 saturated heterocycles. The molecule has 0 bridgehead atoms. The SMILES string of the molecule is COc1cc(C(=O)[C@H]2CO[C@H](c3cc(OC)c(O)c(OC)c3)[C@H]2CO[C@H]2O[C@@H](CO)[C@H](O)[C@@H](O)[C@@H]2O)cc(OC)c1O. The second-order valence-corrected chi connectivity index (χ2v) is 9.92. The molecule has 232 valence electrons. The number of hydrogen-bond donors (Lipinski definition) is 6. The summed E-state index contributed by atoms with van der Waals surface area (Å²) in [5.41, 5.74) is 0.648. The smallest absolute Gasteiger partial charge is 0.200 e. The zero-order valence-electron chi connectivity index (χ0n) is 23.5. The van der Waals surface area contributed by atoms with E-state index in [0.717, 1.165) is 0 Å². The average Bonchev–Trinajstić information content (AvgIpc) is 3.43. The molecule has 2 heterocycles. The normalized spacial score (nSPS) is 29.2. The predicted molar refractivity (Wildman–Crippen MR) is 142 cm³/mol. The Morgan fingerprint density at radius 3 is 1.86 bits per heavy atom. The Labute approximate surface area is 241 Å². The Morgan fingerprint density at radius 1 is 0.833 bits per heavy atom. The monoisotopic (exact) mass is 596 g/mol. The highest BCUT2D eigenvalue weighted by Gasteiger charge is 2.47. The fourth-order valence-electron chi connectivity index (χ4n) is 5.22. The van der Waals surface area contributed by atoms with Gasteiger partial charge in [-0.3, -0.25) is 4.79 Å². The van der Waals surface area contributed by atoms with E-state index in [1.165, 1.54) is 52.7 Å². The van der Waals surface area contributed by atoms with E-state index in [4.69, 9.17) is 33.2 Å². The van der Waals surface area contributed by atoms with Gasteiger partial charge >= 0.3 is 0 Å². The van der Waals surface area contributed by atoms with Gasteiger partial charge in [-0.1, -0.05) is 0 Å². The molecule has 2 aromatic carbocycles. The molecule has 0 amide bonds. The van der Waals surface area contributed by atoms with Crippen LogP contribution in [-0.2, 0) is 14.2 Å². The fourth-order valence-corrected chi connectivity index (χ4v) is 5.22. The lowest BCUT2D eigenvalue weighted by Crippen LogP contribution is -2.59. The molecular formula is C28H36O14. The summed E-state index contributed by atoms with van der Waals surface area (Å²) in [4.78, 5) is 13.9. The topological polar surface area (TPSA) is 203 Å². The molecule has 14 nitrogen and oxygen atoms in total. The van der Waals surface area contributed by atoms with Crippen molar-refractivity contribution in [1.82, 2.24) is 0 Å². The molecule has 8 atom stereocenters. The first-order valence-electron chi connectivity index (χ1n) is 13.1. The van der Waals surface area contributed by atoms with Gasteiger partial charge in [-0.25, -0.2) is 0 Å². The standard InChI is InChI=1S/C28H36O14/c1-36-16-5-12(6-17(37-2)22(16)31)21(30)14-10-40-27(13-7-18(38-3)23(32)19(8-13)39-4)15(14)11-41-28-26(35)25(34)24(33)20(9-29)42-28/h5-8,14-15,20,24-29,31-35H,9-11H2,1-4H3/t14-,15-,20-,24-,25+,26-,27+,28-/m0/s1. The van der Waals surface area contributed by atoms with Gasteiger partial charge in [0, 0.05) is 11.5 Å². The maximum atomic E-state index is 13.9. The van der Waals surface area contributed by atoms with Crippen LogP contribution in [0.25, 0.3) is 0 Å². The molecule has 6 N–H and O–H groups in total. The van der Waals surface area contributed by atoms with Crippen LogP contribution in [0.2, 0.25) is 0 Å². The second kappa shape index (κ2) is 13.3. The number of aliphatic hydroxyl groups is 4. The van der Waals surface area contributed by atoms with Crippen molar-refractivity contribution in [2.45, 2.75) is 36.8 Å². The second-order valence-electron chi connectivity index (χ2n) is 9.92. The Kier molecular flexibility index (Phi) is 9.99. The largest absolute Gasteiger partial charge is 0.502 e. The van der Waals surface area contributed by atoms with Gasteiger partial charge < -0.3 is 63.8 Å². The third-order valence-corrected chi connectivity index (χ3v) is 7.59. The van der Waals surface area contributed by atoms with Crippen LogP contribution >= 0.6 is 0 Å². The first-order valence-corrected chi connectivity index (χ1v) is 13.1. The number of benzene rings is 2. The maximum Gasteiger partial charge on any atom is 0.200 e. The van der Waals surface area contributed by atoms with Crippen molar-refractivity contribution in [3.05, 3.63) is 35.4 Å². The number of rotatable bonds is 11.